The van der Waals surface area contributed by atoms with Crippen LogP contribution in [0, 0.1) is 5.92 Å². The van der Waals surface area contributed by atoms with Crippen LogP contribution in [-0.4, -0.2) is 57.1 Å². The molecule has 0 bridgehead atoms. The zero-order valence-electron chi connectivity index (χ0n) is 18.1. The van der Waals surface area contributed by atoms with Crippen LogP contribution in [0.1, 0.15) is 54.9 Å². The van der Waals surface area contributed by atoms with Crippen molar-refractivity contribution in [3.8, 4) is 0 Å². The molecule has 0 spiro atoms. The molecule has 1 saturated heterocycles. The highest BCUT2D eigenvalue weighted by Crippen LogP contribution is 2.59. The Morgan fingerprint density at radius 1 is 0.966 bits per heavy atom. The van der Waals surface area contributed by atoms with Gasteiger partial charge in [0.15, 0.2) is 17.2 Å². The van der Waals surface area contributed by atoms with Gasteiger partial charge in [0.05, 0.1) is 43.5 Å². The van der Waals surface area contributed by atoms with Crippen LogP contribution in [0.5, 0.6) is 0 Å². The van der Waals surface area contributed by atoms with E-state index < -0.39 is 31.5 Å². The van der Waals surface area contributed by atoms with Crippen LogP contribution in [0.15, 0.2) is 0 Å². The Morgan fingerprint density at radius 2 is 1.41 bits per heavy atom. The highest BCUT2D eigenvalue weighted by Gasteiger charge is 2.47. The van der Waals surface area contributed by atoms with E-state index >= 15 is 0 Å². The first kappa shape index (κ1) is 29.0. The number of hydrogen-bond acceptors (Lipinski definition) is 10. The standard InChI is InChI=1S/C10H16O4.C6H18N3O3P3/c1-5-9(6(2)11)10(14,7(3)12)8(4)13;1-4-10-8-13-7-14-9(11-5-2)15(8)12-6-3/h9,14H,5H2,1-4H3;7,13-14H,4-6H2,1-3H3. The molecule has 1 rings (SSSR count). The third kappa shape index (κ3) is 8.58. The van der Waals surface area contributed by atoms with Crippen molar-refractivity contribution in [2.45, 2.75) is 60.5 Å². The monoisotopic (exact) mass is 473 g/mol. The van der Waals surface area contributed by atoms with Gasteiger partial charge in [0.1, 0.15) is 5.78 Å². The van der Waals surface area contributed by atoms with Crippen LogP contribution in [0.4, 0.5) is 0 Å². The topological polar surface area (TPSA) is 118 Å². The van der Waals surface area contributed by atoms with Crippen LogP contribution < -0.4 is 4.86 Å². The minimum absolute atomic E-state index is 0.269. The summed E-state index contributed by atoms with van der Waals surface area (Å²) in [6.07, 6.45) is 0.269. The summed E-state index contributed by atoms with van der Waals surface area (Å²) in [5.41, 5.74) is -2.14. The predicted octanol–water partition coefficient (Wildman–Crippen LogP) is 2.89. The number of aliphatic hydroxyl groups is 1. The molecule has 13 heteroatoms. The molecule has 3 atom stereocenters. The van der Waals surface area contributed by atoms with Crippen LogP contribution in [0.2, 0.25) is 0 Å². The number of nitrogens with zero attached hydrogens (tertiary/aromatic N) is 2. The van der Waals surface area contributed by atoms with E-state index in [0.717, 1.165) is 13.8 Å². The Bertz CT molecular complexity index is 510. The molecule has 10 nitrogen and oxygen atoms in total. The van der Waals surface area contributed by atoms with Gasteiger partial charge in [0, 0.05) is 0 Å². The second-order valence-electron chi connectivity index (χ2n) is 5.85. The lowest BCUT2D eigenvalue weighted by Crippen LogP contribution is -2.52. The average Bonchev–Trinajstić information content (AvgIpc) is 2.65. The molecular formula is C16H34N3O7P3. The fourth-order valence-electron chi connectivity index (χ4n) is 2.52. The van der Waals surface area contributed by atoms with Gasteiger partial charge in [-0.2, -0.15) is 0 Å². The van der Waals surface area contributed by atoms with E-state index in [1.165, 1.54) is 6.92 Å². The Labute approximate surface area is 178 Å². The molecule has 0 aromatic heterocycles. The number of hydrogen-bond donors (Lipinski definition) is 2. The van der Waals surface area contributed by atoms with E-state index in [1.54, 1.807) is 6.92 Å². The van der Waals surface area contributed by atoms with Crippen LogP contribution in [0.25, 0.3) is 0 Å². The van der Waals surface area contributed by atoms with Crippen LogP contribution in [-0.2, 0) is 28.6 Å². The first-order valence-electron chi connectivity index (χ1n) is 9.41. The van der Waals surface area contributed by atoms with Crippen molar-refractivity contribution >= 4 is 43.6 Å². The molecule has 0 aliphatic carbocycles. The van der Waals surface area contributed by atoms with Gasteiger partial charge in [-0.3, -0.25) is 24.1 Å². The molecule has 0 saturated carbocycles. The van der Waals surface area contributed by atoms with Crippen LogP contribution in [0.3, 0.4) is 0 Å². The summed E-state index contributed by atoms with van der Waals surface area (Å²) in [5.74, 6) is -2.63. The molecular weight excluding hydrogens is 439 g/mol. The largest absolute Gasteiger partial charge is 0.374 e. The van der Waals surface area contributed by atoms with E-state index in [1.807, 2.05) is 30.0 Å². The Kier molecular flexibility index (Phi) is 14.9. The Balaban J connectivity index is 0.000000543. The quantitative estimate of drug-likeness (QED) is 0.343. The maximum atomic E-state index is 11.2. The van der Waals surface area contributed by atoms with Gasteiger partial charge < -0.3 is 9.63 Å². The van der Waals surface area contributed by atoms with Crippen molar-refractivity contribution in [1.29, 1.82) is 0 Å². The zero-order chi connectivity index (χ0) is 22.6. The van der Waals surface area contributed by atoms with Gasteiger partial charge in [-0.25, -0.2) is 4.86 Å². The minimum atomic E-state index is -2.14. The maximum Gasteiger partial charge on any atom is 0.247 e. The van der Waals surface area contributed by atoms with Gasteiger partial charge in [0.25, 0.3) is 0 Å². The summed E-state index contributed by atoms with van der Waals surface area (Å²) in [5, 5.41) is 9.88. The minimum Gasteiger partial charge on any atom is -0.374 e. The lowest BCUT2D eigenvalue weighted by Gasteiger charge is -2.38. The Morgan fingerprint density at radius 3 is 1.66 bits per heavy atom. The summed E-state index contributed by atoms with van der Waals surface area (Å²) in [7, 11) is -0.0545. The highest BCUT2D eigenvalue weighted by atomic mass is 31.2. The molecule has 0 radical (unpaired) electrons. The van der Waals surface area contributed by atoms with Gasteiger partial charge in [0.2, 0.25) is 8.45 Å². The summed E-state index contributed by atoms with van der Waals surface area (Å²) < 4.78 is 9.33. The first-order chi connectivity index (χ1) is 13.6. The molecule has 1 heterocycles. The maximum absolute atomic E-state index is 11.2. The highest BCUT2D eigenvalue weighted by molar-refractivity contribution is 7.69. The molecule has 29 heavy (non-hydrogen) atoms. The summed E-state index contributed by atoms with van der Waals surface area (Å²) in [4.78, 5) is 47.8. The molecule has 2 N–H and O–H groups in total. The van der Waals surface area contributed by atoms with Gasteiger partial charge in [-0.1, -0.05) is 16.1 Å². The molecule has 1 aliphatic rings. The number of nitrogens with one attached hydrogen (secondary N) is 1. The zero-order valence-corrected chi connectivity index (χ0v) is 21.0. The molecule has 1 fully saturated rings. The predicted molar refractivity (Wildman–Crippen MR) is 116 cm³/mol. The van der Waals surface area contributed by atoms with Crippen molar-refractivity contribution < 1.29 is 33.7 Å². The number of ketones is 3. The van der Waals surface area contributed by atoms with Crippen LogP contribution >= 0.6 is 26.2 Å². The number of carbonyl (C=O) groups is 3. The van der Waals surface area contributed by atoms with E-state index in [0.29, 0.717) is 37.6 Å². The third-order valence-corrected chi connectivity index (χ3v) is 8.34. The number of carbonyl (C=O) groups excluding carboxylic acids is 3. The molecule has 3 unspecified atom stereocenters. The number of Topliss-reactive ketones (excluding diaryl/α,β-unsaturated/α-hetero) is 3. The lowest BCUT2D eigenvalue weighted by atomic mass is 9.77. The van der Waals surface area contributed by atoms with E-state index in [-0.39, 0.29) is 12.2 Å². The van der Waals surface area contributed by atoms with Gasteiger partial charge in [-0.15, -0.1) is 0 Å². The second-order valence-corrected chi connectivity index (χ2v) is 10.4. The van der Waals surface area contributed by atoms with Crippen molar-refractivity contribution in [1.82, 2.24) is 14.1 Å². The summed E-state index contributed by atoms with van der Waals surface area (Å²) in [6.45, 7) is 13.0. The smallest absolute Gasteiger partial charge is 0.247 e. The molecule has 0 aromatic rings. The molecule has 1 aliphatic heterocycles. The van der Waals surface area contributed by atoms with E-state index in [2.05, 4.69) is 4.86 Å². The average molecular weight is 473 g/mol. The van der Waals surface area contributed by atoms with Gasteiger partial charge in [-0.05, 0) is 48.0 Å². The van der Waals surface area contributed by atoms with Crippen molar-refractivity contribution in [3.05, 3.63) is 0 Å². The third-order valence-electron chi connectivity index (χ3n) is 3.84. The van der Waals surface area contributed by atoms with Crippen molar-refractivity contribution in [2.24, 2.45) is 5.92 Å². The van der Waals surface area contributed by atoms with E-state index in [4.69, 9.17) is 14.2 Å². The molecule has 0 amide bonds. The van der Waals surface area contributed by atoms with Crippen molar-refractivity contribution in [3.63, 3.8) is 0 Å². The second kappa shape index (κ2) is 14.9. The normalized spacial score (nSPS) is 20.9. The SMILES string of the molecule is CCC(C(C)=O)C(O)(C(C)=O)C(C)=O.CCON1PNPN(OCC)P1OCC. The van der Waals surface area contributed by atoms with Crippen molar-refractivity contribution in [2.75, 3.05) is 19.8 Å². The molecule has 170 valence electrons. The fourth-order valence-corrected chi connectivity index (χ4v) is 7.58. The van der Waals surface area contributed by atoms with E-state index in [9.17, 15) is 19.5 Å². The first-order valence-corrected chi connectivity index (χ1v) is 12.5. The molecule has 0 aromatic carbocycles. The summed E-state index contributed by atoms with van der Waals surface area (Å²) >= 11 is 0. The lowest BCUT2D eigenvalue weighted by molar-refractivity contribution is -0.158. The number of rotatable bonds is 11. The van der Waals surface area contributed by atoms with Gasteiger partial charge >= 0.3 is 0 Å². The summed E-state index contributed by atoms with van der Waals surface area (Å²) in [6, 6.07) is 0. The fraction of sp³-hybridized carbons (Fsp3) is 0.812. The Hall–Kier alpha value is 0.0200.